The fourth-order valence-electron chi connectivity index (χ4n) is 4.59. The van der Waals surface area contributed by atoms with Gasteiger partial charge in [0.25, 0.3) is 0 Å². The molecule has 2 N–H and O–H groups in total. The quantitative estimate of drug-likeness (QED) is 0.343. The molecule has 0 aromatic carbocycles. The van der Waals surface area contributed by atoms with Crippen LogP contribution in [-0.2, 0) is 16.6 Å². The van der Waals surface area contributed by atoms with Gasteiger partial charge >= 0.3 is 12.1 Å². The normalized spacial score (nSPS) is 13.9. The smallest absolute Gasteiger partial charge is 0.475 e. The number of aromatic nitrogens is 5. The zero-order valence-corrected chi connectivity index (χ0v) is 23.7. The van der Waals surface area contributed by atoms with Crippen LogP contribution in [0.1, 0.15) is 19.4 Å². The van der Waals surface area contributed by atoms with Gasteiger partial charge in [-0.3, -0.25) is 14.4 Å². The molecular weight excluding hydrogens is 567 g/mol. The predicted octanol–water partition coefficient (Wildman–Crippen LogP) is 2.95. The van der Waals surface area contributed by atoms with E-state index in [4.69, 9.17) is 14.9 Å². The maximum Gasteiger partial charge on any atom is 0.490 e. The monoisotopic (exact) mass is 597 g/mol. The van der Waals surface area contributed by atoms with Crippen molar-refractivity contribution in [3.05, 3.63) is 54.7 Å². The number of fused-ring (bicyclic) bond motifs is 1. The highest BCUT2D eigenvalue weighted by Crippen LogP contribution is 2.32. The molecule has 1 saturated heterocycles. The van der Waals surface area contributed by atoms with E-state index in [9.17, 15) is 23.2 Å². The Hall–Kier alpha value is -4.97. The van der Waals surface area contributed by atoms with Crippen molar-refractivity contribution in [3.8, 4) is 28.3 Å². The zero-order valence-electron chi connectivity index (χ0n) is 23.7. The van der Waals surface area contributed by atoms with Gasteiger partial charge in [0.2, 0.25) is 5.91 Å². The Morgan fingerprint density at radius 1 is 1.05 bits per heavy atom. The number of rotatable bonds is 6. The number of hydrogen-bond donors (Lipinski definition) is 2. The maximum atomic E-state index is 12.1. The minimum Gasteiger partial charge on any atom is -0.475 e. The van der Waals surface area contributed by atoms with Crippen LogP contribution in [0.2, 0.25) is 0 Å². The van der Waals surface area contributed by atoms with Crippen molar-refractivity contribution in [2.75, 3.05) is 37.6 Å². The zero-order chi connectivity index (χ0) is 31.3. The number of carboxylic acids is 1. The second kappa shape index (κ2) is 12.9. The Labute approximate surface area is 244 Å². The lowest BCUT2D eigenvalue weighted by molar-refractivity contribution is -0.192. The minimum absolute atomic E-state index is 0.0670. The minimum atomic E-state index is -5.08. The molecule has 0 bridgehead atoms. The van der Waals surface area contributed by atoms with E-state index >= 15 is 0 Å². The van der Waals surface area contributed by atoms with Gasteiger partial charge in [0.1, 0.15) is 11.9 Å². The summed E-state index contributed by atoms with van der Waals surface area (Å²) >= 11 is 0. The van der Waals surface area contributed by atoms with Crippen LogP contribution < -0.4 is 10.2 Å². The number of pyridine rings is 2. The van der Waals surface area contributed by atoms with Gasteiger partial charge in [0.15, 0.2) is 0 Å². The molecule has 226 valence electrons. The van der Waals surface area contributed by atoms with Crippen LogP contribution in [0.4, 0.5) is 19.0 Å². The first-order valence-electron chi connectivity index (χ1n) is 13.3. The SMILES string of the molecule is CC(C)NC(=O)CN1CCN(c2ccc(-c3cc(-c4cnn(C)c4)cn4ncc(C#N)c34)cn2)CC1.O=C(O)C(F)(F)F. The predicted molar refractivity (Wildman–Crippen MR) is 151 cm³/mol. The molecule has 0 saturated carbocycles. The topological polar surface area (TPSA) is 145 Å². The molecule has 0 atom stereocenters. The molecule has 0 spiro atoms. The Morgan fingerprint density at radius 2 is 1.74 bits per heavy atom. The molecule has 12 nitrogen and oxygen atoms in total. The Bertz CT molecular complexity index is 1630. The van der Waals surface area contributed by atoms with Gasteiger partial charge in [-0.15, -0.1) is 0 Å². The summed E-state index contributed by atoms with van der Waals surface area (Å²) in [7, 11) is 1.88. The van der Waals surface area contributed by atoms with Gasteiger partial charge in [-0.05, 0) is 32.0 Å². The highest BCUT2D eigenvalue weighted by molar-refractivity contribution is 5.87. The lowest BCUT2D eigenvalue weighted by Gasteiger charge is -2.35. The molecule has 1 aliphatic rings. The molecule has 0 aliphatic carbocycles. The number of halogens is 3. The van der Waals surface area contributed by atoms with E-state index in [2.05, 4.69) is 37.4 Å². The first-order valence-corrected chi connectivity index (χ1v) is 13.3. The number of amides is 1. The van der Waals surface area contributed by atoms with Crippen LogP contribution >= 0.6 is 0 Å². The summed E-state index contributed by atoms with van der Waals surface area (Å²) in [6.45, 7) is 7.60. The number of alkyl halides is 3. The Kier molecular flexibility index (Phi) is 9.30. The van der Waals surface area contributed by atoms with Crippen LogP contribution in [0.5, 0.6) is 0 Å². The standard InChI is InChI=1S/C26H29N9O.C2HF3O2/c1-18(2)31-25(36)17-33-6-8-34(9-7-33)24-5-4-19(12-28-24)23-10-20(22-14-29-32(3)15-22)16-35-26(23)21(11-27)13-30-35;3-2(4,5)1(6)7/h4-5,10,12-16,18H,6-9,17H2,1-3H3,(H,31,36);(H,6,7). The number of carbonyl (C=O) groups is 2. The third kappa shape index (κ3) is 7.66. The molecule has 5 heterocycles. The number of nitrogens with zero attached hydrogens (tertiary/aromatic N) is 8. The van der Waals surface area contributed by atoms with Crippen LogP contribution in [0.25, 0.3) is 27.8 Å². The molecule has 0 radical (unpaired) electrons. The van der Waals surface area contributed by atoms with Crippen LogP contribution in [-0.4, -0.2) is 91.2 Å². The number of piperazine rings is 1. The van der Waals surface area contributed by atoms with Gasteiger partial charge in [-0.25, -0.2) is 14.3 Å². The lowest BCUT2D eigenvalue weighted by Crippen LogP contribution is -2.50. The number of aliphatic carboxylic acids is 1. The molecule has 1 amide bonds. The molecule has 1 fully saturated rings. The molecule has 0 unspecified atom stereocenters. The van der Waals surface area contributed by atoms with Crippen molar-refractivity contribution in [2.45, 2.75) is 26.1 Å². The van der Waals surface area contributed by atoms with Crippen LogP contribution in [0.3, 0.4) is 0 Å². The molecular formula is C28H30F3N9O3. The summed E-state index contributed by atoms with van der Waals surface area (Å²) < 4.78 is 35.2. The number of aryl methyl sites for hydroxylation is 1. The van der Waals surface area contributed by atoms with Gasteiger partial charge in [-0.1, -0.05) is 0 Å². The molecule has 4 aromatic rings. The second-order valence-electron chi connectivity index (χ2n) is 10.2. The lowest BCUT2D eigenvalue weighted by atomic mass is 10.0. The van der Waals surface area contributed by atoms with E-state index in [-0.39, 0.29) is 11.9 Å². The van der Waals surface area contributed by atoms with Crippen LogP contribution in [0, 0.1) is 11.3 Å². The third-order valence-corrected chi connectivity index (χ3v) is 6.58. The van der Waals surface area contributed by atoms with E-state index in [1.807, 2.05) is 57.8 Å². The second-order valence-corrected chi connectivity index (χ2v) is 10.2. The number of carboxylic acid groups (broad SMARTS) is 1. The largest absolute Gasteiger partial charge is 0.490 e. The summed E-state index contributed by atoms with van der Waals surface area (Å²) in [5.74, 6) is -1.79. The van der Waals surface area contributed by atoms with E-state index in [1.54, 1.807) is 15.4 Å². The van der Waals surface area contributed by atoms with E-state index < -0.39 is 12.1 Å². The fraction of sp³-hybridized carbons (Fsp3) is 0.357. The van der Waals surface area contributed by atoms with Gasteiger partial charge in [0, 0.05) is 80.1 Å². The highest BCUT2D eigenvalue weighted by atomic mass is 19.4. The first kappa shape index (κ1) is 31.0. The summed E-state index contributed by atoms with van der Waals surface area (Å²) in [4.78, 5) is 30.1. The number of anilines is 1. The summed E-state index contributed by atoms with van der Waals surface area (Å²) in [6, 6.07) is 8.53. The Balaban J connectivity index is 0.000000541. The number of nitrogens with one attached hydrogen (secondary N) is 1. The van der Waals surface area contributed by atoms with Gasteiger partial charge in [-0.2, -0.15) is 28.6 Å². The number of nitriles is 1. The van der Waals surface area contributed by atoms with Crippen LogP contribution in [0.15, 0.2) is 49.2 Å². The molecule has 4 aromatic heterocycles. The van der Waals surface area contributed by atoms with E-state index in [0.29, 0.717) is 12.1 Å². The highest BCUT2D eigenvalue weighted by Gasteiger charge is 2.38. The molecule has 1 aliphatic heterocycles. The van der Waals surface area contributed by atoms with E-state index in [0.717, 1.165) is 59.8 Å². The van der Waals surface area contributed by atoms with Crippen molar-refractivity contribution < 1.29 is 27.9 Å². The first-order chi connectivity index (χ1) is 20.3. The van der Waals surface area contributed by atoms with Crippen molar-refractivity contribution in [3.63, 3.8) is 0 Å². The molecule has 15 heteroatoms. The average Bonchev–Trinajstić information content (AvgIpc) is 3.58. The summed E-state index contributed by atoms with van der Waals surface area (Å²) in [5, 5.41) is 28.4. The number of hydrogen-bond acceptors (Lipinski definition) is 8. The summed E-state index contributed by atoms with van der Waals surface area (Å²) in [5.41, 5.74) is 5.01. The maximum absolute atomic E-state index is 12.1. The van der Waals surface area contributed by atoms with Crippen molar-refractivity contribution in [2.24, 2.45) is 7.05 Å². The third-order valence-electron chi connectivity index (χ3n) is 6.58. The van der Waals surface area contributed by atoms with Gasteiger partial charge in [0.05, 0.1) is 30.0 Å². The molecule has 5 rings (SSSR count). The van der Waals surface area contributed by atoms with Gasteiger partial charge < -0.3 is 15.3 Å². The van der Waals surface area contributed by atoms with Crippen molar-refractivity contribution >= 4 is 23.2 Å². The summed E-state index contributed by atoms with van der Waals surface area (Å²) in [6.07, 6.45) is 4.04. The van der Waals surface area contributed by atoms with Crippen molar-refractivity contribution in [1.82, 2.24) is 34.6 Å². The Morgan fingerprint density at radius 3 is 2.28 bits per heavy atom. The van der Waals surface area contributed by atoms with E-state index in [1.165, 1.54) is 0 Å². The number of carbonyl (C=O) groups excluding carboxylic acids is 1. The fourth-order valence-corrected chi connectivity index (χ4v) is 4.59. The van der Waals surface area contributed by atoms with Crippen molar-refractivity contribution in [1.29, 1.82) is 5.26 Å². The molecule has 43 heavy (non-hydrogen) atoms. The average molecular weight is 598 g/mol.